The van der Waals surface area contributed by atoms with Gasteiger partial charge in [-0.2, -0.15) is 0 Å². The van der Waals surface area contributed by atoms with Gasteiger partial charge in [-0.15, -0.1) is 0 Å². The van der Waals surface area contributed by atoms with E-state index in [9.17, 15) is 9.18 Å². The molecule has 1 unspecified atom stereocenters. The number of rotatable bonds is 3. The number of methoxy groups -OCH3 is 1. The topological polar surface area (TPSA) is 91.1 Å². The summed E-state index contributed by atoms with van der Waals surface area (Å²) in [5.74, 6) is -0.513. The predicted octanol–water partition coefficient (Wildman–Crippen LogP) is 1.21. The molecule has 0 saturated heterocycles. The molecule has 172 valence electrons. The number of hydrogen-bond donors (Lipinski definition) is 4. The zero-order chi connectivity index (χ0) is 22.9. The third-order valence-electron chi connectivity index (χ3n) is 5.75. The Balaban J connectivity index is 1.73. The van der Waals surface area contributed by atoms with Crippen molar-refractivity contribution in [3.63, 3.8) is 0 Å². The van der Waals surface area contributed by atoms with Gasteiger partial charge in [-0.1, -0.05) is 0 Å². The molecule has 2 aliphatic heterocycles. The molecule has 0 saturated carbocycles. The Hall–Kier alpha value is -3.08. The van der Waals surface area contributed by atoms with Crippen LogP contribution < -0.4 is 41.9 Å². The third kappa shape index (κ3) is 4.05. The number of halogens is 2. The molecule has 2 bridgehead atoms. The number of nitrogens with zero attached hydrogens (tertiary/aromatic N) is 1. The molecule has 0 fully saturated rings. The number of aromatic amines is 1. The average molecular weight is 560 g/mol. The van der Waals surface area contributed by atoms with Gasteiger partial charge in [-0.3, -0.25) is 0 Å². The van der Waals surface area contributed by atoms with E-state index in [1.807, 2.05) is 6.07 Å². The van der Waals surface area contributed by atoms with Crippen molar-refractivity contribution >= 4 is 23.0 Å². The fourth-order valence-electron chi connectivity index (χ4n) is 4.13. The number of fused-ring (bicyclic) bond motifs is 3. The summed E-state index contributed by atoms with van der Waals surface area (Å²) in [7, 11) is 1.43. The molecule has 9 heteroatoms. The maximum absolute atomic E-state index is 14.4. The number of aromatic nitrogens is 2. The zero-order valence-electron chi connectivity index (χ0n) is 18.3. The molecular formula is C24H24FIN5O2-. The van der Waals surface area contributed by atoms with Crippen molar-refractivity contribution in [3.8, 4) is 17.0 Å². The number of para-hydroxylation sites is 1. The van der Waals surface area contributed by atoms with Crippen molar-refractivity contribution in [1.29, 1.82) is 0 Å². The van der Waals surface area contributed by atoms with Crippen LogP contribution in [0.25, 0.3) is 11.3 Å². The van der Waals surface area contributed by atoms with Gasteiger partial charge in [0.05, 0.1) is 0 Å². The van der Waals surface area contributed by atoms with Gasteiger partial charge >= 0.3 is 202 Å². The van der Waals surface area contributed by atoms with Crippen molar-refractivity contribution in [2.75, 3.05) is 35.3 Å². The number of ether oxygens (including phenoxy) is 1. The van der Waals surface area contributed by atoms with Gasteiger partial charge < -0.3 is 0 Å². The number of anilines is 3. The van der Waals surface area contributed by atoms with Crippen LogP contribution in [0.15, 0.2) is 48.3 Å². The molecule has 7 nitrogen and oxygen atoms in total. The minimum absolute atomic E-state index is 0.101. The number of H-pyrrole nitrogens is 1. The van der Waals surface area contributed by atoms with Crippen molar-refractivity contribution < 1.29 is 35.1 Å². The van der Waals surface area contributed by atoms with Crippen molar-refractivity contribution in [3.05, 3.63) is 65.4 Å². The molecule has 5 rings (SSSR count). The Morgan fingerprint density at radius 2 is 2.15 bits per heavy atom. The Morgan fingerprint density at radius 3 is 3.00 bits per heavy atom. The summed E-state index contributed by atoms with van der Waals surface area (Å²) in [6.45, 7) is 3.47. The molecule has 1 aromatic carbocycles. The van der Waals surface area contributed by atoms with Gasteiger partial charge in [0.15, 0.2) is 0 Å². The van der Waals surface area contributed by atoms with E-state index in [0.717, 1.165) is 27.1 Å². The Kier molecular flexibility index (Phi) is 5.96. The SMILES string of the molecule is COc1c(F)cccc1Nc1c2[nH]c3c1C(=O)NCC3[I-]C/C(C)=C\CNc1cnccc1-2. The number of amides is 1. The van der Waals surface area contributed by atoms with Crippen LogP contribution in [0.3, 0.4) is 0 Å². The fraction of sp³-hybridized carbons (Fsp3) is 0.250. The molecule has 2 aromatic heterocycles. The summed E-state index contributed by atoms with van der Waals surface area (Å²) >= 11 is -0.249. The normalized spacial score (nSPS) is 19.3. The second-order valence-electron chi connectivity index (χ2n) is 7.93. The van der Waals surface area contributed by atoms with Crippen molar-refractivity contribution in [2.45, 2.75) is 10.8 Å². The summed E-state index contributed by atoms with van der Waals surface area (Å²) in [5.41, 5.74) is 6.42. The van der Waals surface area contributed by atoms with Crippen LogP contribution in [-0.2, 0) is 0 Å². The standard InChI is InChI=1S/C24H24FIN5O2/c1-13-6-9-28-18-12-27-8-7-14(18)20-22(30-17-5-3-4-15(25)23(17)33-2)19-21(31-20)16(26-10-13)11-29-24(19)32/h3-8,12,16,28,30-31H,9-11H2,1-2H3,(H,29,32)/q-1/b13-6-. The fourth-order valence-corrected chi connectivity index (χ4v) is 7.11. The predicted molar refractivity (Wildman–Crippen MR) is 122 cm³/mol. The monoisotopic (exact) mass is 560 g/mol. The third-order valence-corrected chi connectivity index (χ3v) is 9.52. The number of hydrogen-bond acceptors (Lipinski definition) is 5. The van der Waals surface area contributed by atoms with Gasteiger partial charge in [-0.25, -0.2) is 0 Å². The van der Waals surface area contributed by atoms with E-state index < -0.39 is 5.82 Å². The van der Waals surface area contributed by atoms with Crippen LogP contribution >= 0.6 is 0 Å². The zero-order valence-corrected chi connectivity index (χ0v) is 20.4. The van der Waals surface area contributed by atoms with Crippen LogP contribution in [0.5, 0.6) is 5.75 Å². The Bertz CT molecular complexity index is 1260. The second-order valence-corrected chi connectivity index (χ2v) is 11.1. The molecule has 4 N–H and O–H groups in total. The molecule has 2 aliphatic rings. The molecular weight excluding hydrogens is 536 g/mol. The maximum atomic E-state index is 14.4. The van der Waals surface area contributed by atoms with E-state index in [0.29, 0.717) is 30.0 Å². The molecule has 4 heterocycles. The second kappa shape index (κ2) is 9.05. The molecule has 3 aromatic rings. The number of pyridine rings is 1. The van der Waals surface area contributed by atoms with Crippen LogP contribution in [0.4, 0.5) is 21.5 Å². The molecule has 1 amide bonds. The van der Waals surface area contributed by atoms with Gasteiger partial charge in [0.25, 0.3) is 0 Å². The molecule has 33 heavy (non-hydrogen) atoms. The molecule has 0 spiro atoms. The quantitative estimate of drug-likeness (QED) is 0.220. The number of alkyl halides is 2. The van der Waals surface area contributed by atoms with E-state index >= 15 is 0 Å². The Morgan fingerprint density at radius 1 is 1.27 bits per heavy atom. The number of benzene rings is 1. The van der Waals surface area contributed by atoms with E-state index in [2.05, 4.69) is 38.9 Å². The minimum atomic E-state index is -0.472. The number of nitrogens with one attached hydrogen (secondary N) is 4. The molecule has 1 atom stereocenters. The first-order chi connectivity index (χ1) is 16.1. The van der Waals surface area contributed by atoms with E-state index in [1.165, 1.54) is 18.7 Å². The van der Waals surface area contributed by atoms with Crippen LogP contribution in [-0.4, -0.2) is 40.5 Å². The molecule has 0 radical (unpaired) electrons. The van der Waals surface area contributed by atoms with Crippen LogP contribution in [0.2, 0.25) is 0 Å². The first kappa shape index (κ1) is 21.7. The van der Waals surface area contributed by atoms with Crippen LogP contribution in [0.1, 0.15) is 26.9 Å². The van der Waals surface area contributed by atoms with E-state index in [4.69, 9.17) is 4.74 Å². The summed E-state index contributed by atoms with van der Waals surface area (Å²) in [5, 5.41) is 9.84. The van der Waals surface area contributed by atoms with E-state index in [1.54, 1.807) is 24.5 Å². The summed E-state index contributed by atoms with van der Waals surface area (Å²) in [4.78, 5) is 21.0. The first-order valence-corrected chi connectivity index (χ1v) is 13.4. The Labute approximate surface area is 201 Å². The van der Waals surface area contributed by atoms with Crippen molar-refractivity contribution in [2.24, 2.45) is 0 Å². The number of allylic oxidation sites excluding steroid dienone is 1. The number of carbonyl (C=O) groups is 1. The van der Waals surface area contributed by atoms with Crippen LogP contribution in [0, 0.1) is 5.82 Å². The molecule has 0 aliphatic carbocycles. The van der Waals surface area contributed by atoms with Gasteiger partial charge in [0, 0.05) is 0 Å². The average Bonchev–Trinajstić information content (AvgIpc) is 3.18. The first-order valence-electron chi connectivity index (χ1n) is 10.6. The van der Waals surface area contributed by atoms with Crippen molar-refractivity contribution in [1.82, 2.24) is 15.3 Å². The van der Waals surface area contributed by atoms with Gasteiger partial charge in [0.1, 0.15) is 0 Å². The van der Waals surface area contributed by atoms with Gasteiger partial charge in [0.2, 0.25) is 0 Å². The van der Waals surface area contributed by atoms with E-state index in [-0.39, 0.29) is 36.8 Å². The number of carbonyl (C=O) groups excluding carboxylic acids is 1. The summed E-state index contributed by atoms with van der Waals surface area (Å²) in [6, 6.07) is 6.62. The summed E-state index contributed by atoms with van der Waals surface area (Å²) in [6.07, 6.45) is 5.72. The van der Waals surface area contributed by atoms with Gasteiger partial charge in [-0.05, 0) is 0 Å². The summed E-state index contributed by atoms with van der Waals surface area (Å²) < 4.78 is 21.0.